The quantitative estimate of drug-likeness (QED) is 0.373. The molecule has 0 atom stereocenters. The number of nitrogens with two attached hydrogens (primary N) is 2. The summed E-state index contributed by atoms with van der Waals surface area (Å²) in [5, 5.41) is 9.92. The maximum Gasteiger partial charge on any atom is 0.259 e. The van der Waals surface area contributed by atoms with E-state index in [1.54, 1.807) is 0 Å². The number of rotatable bonds is 3. The van der Waals surface area contributed by atoms with Gasteiger partial charge in [0.2, 0.25) is 0 Å². The van der Waals surface area contributed by atoms with E-state index in [-0.39, 0.29) is 0 Å². The van der Waals surface area contributed by atoms with Crippen LogP contribution in [0.5, 0.6) is 0 Å². The van der Waals surface area contributed by atoms with Gasteiger partial charge < -0.3 is 21.6 Å². The molecule has 2 aromatic carbocycles. The van der Waals surface area contributed by atoms with E-state index in [4.69, 9.17) is 18.0 Å². The van der Waals surface area contributed by atoms with Crippen molar-refractivity contribution >= 4 is 23.0 Å². The smallest absolute Gasteiger partial charge is 0.259 e. The SMILES string of the molecule is Nc1ccccc1NC1CCCCC1.[C-]#[N+]c1[nH]nc(N)c1-c1ccccc1. The van der Waals surface area contributed by atoms with Crippen LogP contribution in [0.1, 0.15) is 32.1 Å². The molecule has 144 valence electrons. The first kappa shape index (κ1) is 19.3. The number of para-hydroxylation sites is 2. The third kappa shape index (κ3) is 4.83. The van der Waals surface area contributed by atoms with E-state index in [1.807, 2.05) is 48.5 Å². The predicted octanol–water partition coefficient (Wildman–Crippen LogP) is 5.22. The minimum Gasteiger partial charge on any atom is -0.397 e. The maximum atomic E-state index is 6.95. The number of hydrogen-bond acceptors (Lipinski definition) is 4. The van der Waals surface area contributed by atoms with Crippen molar-refractivity contribution in [2.24, 2.45) is 0 Å². The largest absolute Gasteiger partial charge is 0.397 e. The van der Waals surface area contributed by atoms with Gasteiger partial charge in [0.25, 0.3) is 5.82 Å². The van der Waals surface area contributed by atoms with Crippen LogP contribution < -0.4 is 16.8 Å². The Morgan fingerprint density at radius 1 is 0.964 bits per heavy atom. The number of benzene rings is 2. The van der Waals surface area contributed by atoms with Crippen LogP contribution in [0.25, 0.3) is 16.0 Å². The van der Waals surface area contributed by atoms with Gasteiger partial charge in [-0.2, -0.15) is 0 Å². The van der Waals surface area contributed by atoms with Gasteiger partial charge in [-0.15, -0.1) is 0 Å². The summed E-state index contributed by atoms with van der Waals surface area (Å²) < 4.78 is 0. The van der Waals surface area contributed by atoms with E-state index in [9.17, 15) is 0 Å². The van der Waals surface area contributed by atoms with Crippen molar-refractivity contribution < 1.29 is 0 Å². The van der Waals surface area contributed by atoms with Gasteiger partial charge in [0, 0.05) is 6.04 Å². The van der Waals surface area contributed by atoms with Gasteiger partial charge in [-0.05, 0) is 30.5 Å². The Bertz CT molecular complexity index is 920. The number of H-pyrrole nitrogens is 1. The van der Waals surface area contributed by atoms with Crippen LogP contribution >= 0.6 is 0 Å². The van der Waals surface area contributed by atoms with Gasteiger partial charge in [-0.25, -0.2) is 5.10 Å². The minimum absolute atomic E-state index is 0.363. The third-order valence-corrected chi connectivity index (χ3v) is 4.88. The van der Waals surface area contributed by atoms with Crippen molar-refractivity contribution in [3.05, 3.63) is 66.0 Å². The molecular formula is C22H26N6. The number of hydrogen-bond donors (Lipinski definition) is 4. The standard InChI is InChI=1S/C12H18N2.C10H8N4/c13-11-8-4-5-9-12(11)14-10-6-2-1-3-7-10;1-12-10-8(9(11)13-14-10)7-5-3-2-4-6-7/h4-5,8-10,14H,1-3,6-7,13H2;2-6H,(H3,11,13,14). The van der Waals surface area contributed by atoms with Gasteiger partial charge in [0.1, 0.15) is 0 Å². The molecule has 1 heterocycles. The van der Waals surface area contributed by atoms with Crippen LogP contribution in [0.15, 0.2) is 54.6 Å². The van der Waals surface area contributed by atoms with Crippen molar-refractivity contribution in [3.8, 4) is 11.1 Å². The van der Waals surface area contributed by atoms with Crippen LogP contribution in [0, 0.1) is 6.57 Å². The highest BCUT2D eigenvalue weighted by molar-refractivity contribution is 5.84. The molecule has 1 saturated carbocycles. The molecule has 3 aromatic rings. The van der Waals surface area contributed by atoms with Gasteiger partial charge in [0.15, 0.2) is 5.82 Å². The van der Waals surface area contributed by atoms with Gasteiger partial charge in [-0.1, -0.05) is 73.4 Å². The molecule has 4 rings (SSSR count). The molecule has 28 heavy (non-hydrogen) atoms. The number of nitrogen functional groups attached to an aromatic ring is 2. The molecular weight excluding hydrogens is 348 g/mol. The molecule has 0 amide bonds. The van der Waals surface area contributed by atoms with Gasteiger partial charge in [0.05, 0.1) is 16.9 Å². The van der Waals surface area contributed by atoms with Crippen LogP contribution in [0.3, 0.4) is 0 Å². The highest BCUT2D eigenvalue weighted by Crippen LogP contribution is 2.32. The summed E-state index contributed by atoms with van der Waals surface area (Å²) in [5.41, 5.74) is 15.1. The average Bonchev–Trinajstić information content (AvgIpc) is 3.12. The summed E-state index contributed by atoms with van der Waals surface area (Å²) in [5.74, 6) is 0.746. The van der Waals surface area contributed by atoms with Crippen molar-refractivity contribution in [1.29, 1.82) is 0 Å². The Morgan fingerprint density at radius 3 is 2.32 bits per heavy atom. The van der Waals surface area contributed by atoms with E-state index in [1.165, 1.54) is 32.1 Å². The second-order valence-corrected chi connectivity index (χ2v) is 6.88. The Hall–Kier alpha value is -3.46. The zero-order chi connectivity index (χ0) is 19.8. The minimum atomic E-state index is 0.363. The molecule has 1 aliphatic rings. The maximum absolute atomic E-state index is 6.95. The first-order valence-corrected chi connectivity index (χ1v) is 9.56. The van der Waals surface area contributed by atoms with Crippen molar-refractivity contribution in [2.45, 2.75) is 38.1 Å². The van der Waals surface area contributed by atoms with E-state index in [0.29, 0.717) is 23.2 Å². The second-order valence-electron chi connectivity index (χ2n) is 6.88. The van der Waals surface area contributed by atoms with Gasteiger partial charge in [-0.3, -0.25) is 0 Å². The van der Waals surface area contributed by atoms with Crippen LogP contribution in [0.2, 0.25) is 0 Å². The second kappa shape index (κ2) is 9.47. The van der Waals surface area contributed by atoms with Crippen LogP contribution in [-0.2, 0) is 0 Å². The number of nitrogens with zero attached hydrogens (tertiary/aromatic N) is 2. The van der Waals surface area contributed by atoms with Crippen LogP contribution in [0.4, 0.5) is 23.0 Å². The number of aromatic nitrogens is 2. The molecule has 6 heteroatoms. The first-order valence-electron chi connectivity index (χ1n) is 9.56. The normalized spacial score (nSPS) is 13.8. The van der Waals surface area contributed by atoms with Gasteiger partial charge >= 0.3 is 0 Å². The van der Waals surface area contributed by atoms with Crippen molar-refractivity contribution in [1.82, 2.24) is 10.2 Å². The molecule has 0 aliphatic heterocycles. The molecule has 1 aliphatic carbocycles. The van der Waals surface area contributed by atoms with E-state index >= 15 is 0 Å². The summed E-state index contributed by atoms with van der Waals surface area (Å²) >= 11 is 0. The molecule has 1 fully saturated rings. The van der Waals surface area contributed by atoms with Crippen molar-refractivity contribution in [2.75, 3.05) is 16.8 Å². The summed E-state index contributed by atoms with van der Waals surface area (Å²) in [4.78, 5) is 3.32. The third-order valence-electron chi connectivity index (χ3n) is 4.88. The highest BCUT2D eigenvalue weighted by atomic mass is 15.2. The van der Waals surface area contributed by atoms with Crippen LogP contribution in [-0.4, -0.2) is 16.2 Å². The summed E-state index contributed by atoms with van der Waals surface area (Å²) in [6, 6.07) is 18.2. The van der Waals surface area contributed by atoms with E-state index in [2.05, 4.69) is 26.4 Å². The number of aromatic amines is 1. The average molecular weight is 374 g/mol. The molecule has 0 spiro atoms. The molecule has 1 aromatic heterocycles. The lowest BCUT2D eigenvalue weighted by molar-refractivity contribution is 0.463. The van der Waals surface area contributed by atoms with E-state index in [0.717, 1.165) is 16.9 Å². The molecule has 0 saturated heterocycles. The first-order chi connectivity index (χ1) is 13.7. The molecule has 0 bridgehead atoms. The lowest BCUT2D eigenvalue weighted by atomic mass is 9.95. The molecule has 6 N–H and O–H groups in total. The Kier molecular flexibility index (Phi) is 6.53. The fourth-order valence-corrected chi connectivity index (χ4v) is 3.41. The monoisotopic (exact) mass is 374 g/mol. The van der Waals surface area contributed by atoms with E-state index < -0.39 is 0 Å². The Labute approximate surface area is 165 Å². The number of nitrogens with one attached hydrogen (secondary N) is 2. The lowest BCUT2D eigenvalue weighted by Gasteiger charge is -2.24. The lowest BCUT2D eigenvalue weighted by Crippen LogP contribution is -2.22. The predicted molar refractivity (Wildman–Crippen MR) is 116 cm³/mol. The highest BCUT2D eigenvalue weighted by Gasteiger charge is 2.13. The zero-order valence-electron chi connectivity index (χ0n) is 15.9. The summed E-state index contributed by atoms with van der Waals surface area (Å²) in [7, 11) is 0. The Balaban J connectivity index is 0.000000161. The summed E-state index contributed by atoms with van der Waals surface area (Å²) in [6.07, 6.45) is 6.67. The fourth-order valence-electron chi connectivity index (χ4n) is 3.41. The molecule has 0 radical (unpaired) electrons. The Morgan fingerprint density at radius 2 is 1.64 bits per heavy atom. The molecule has 0 unspecified atom stereocenters. The topological polar surface area (TPSA) is 97.1 Å². The zero-order valence-corrected chi connectivity index (χ0v) is 15.9. The fraction of sp³-hybridized carbons (Fsp3) is 0.273. The summed E-state index contributed by atoms with van der Waals surface area (Å²) in [6.45, 7) is 6.95. The number of anilines is 3. The molecule has 6 nitrogen and oxygen atoms in total. The van der Waals surface area contributed by atoms with Crippen molar-refractivity contribution in [3.63, 3.8) is 0 Å².